The second kappa shape index (κ2) is 12.6. The van der Waals surface area contributed by atoms with Crippen LogP contribution in [0.4, 0.5) is 15.8 Å². The van der Waals surface area contributed by atoms with Crippen LogP contribution >= 0.6 is 0 Å². The van der Waals surface area contributed by atoms with Crippen LogP contribution < -0.4 is 15.5 Å². The number of carbonyl (C=O) groups is 3. The lowest BCUT2D eigenvalue weighted by Crippen LogP contribution is -2.52. The molecule has 0 heterocycles. The van der Waals surface area contributed by atoms with Gasteiger partial charge in [0.25, 0.3) is 0 Å². The van der Waals surface area contributed by atoms with E-state index >= 15 is 0 Å². The van der Waals surface area contributed by atoms with Crippen LogP contribution in [0.2, 0.25) is 0 Å². The van der Waals surface area contributed by atoms with Gasteiger partial charge in [-0.2, -0.15) is 0 Å². The van der Waals surface area contributed by atoms with E-state index in [1.807, 2.05) is 19.1 Å². The summed E-state index contributed by atoms with van der Waals surface area (Å²) in [5.74, 6) is -2.66. The van der Waals surface area contributed by atoms with Crippen LogP contribution in [0.1, 0.15) is 44.6 Å². The maximum Gasteiger partial charge on any atom is 0.243 e. The highest BCUT2D eigenvalue weighted by atomic mass is 32.2. The van der Waals surface area contributed by atoms with Crippen LogP contribution in [0, 0.1) is 12.7 Å². The van der Waals surface area contributed by atoms with Crippen LogP contribution in [-0.2, 0) is 25.2 Å². The Labute approximate surface area is 207 Å². The summed E-state index contributed by atoms with van der Waals surface area (Å²) in [5.41, 5.74) is 1.94. The summed E-state index contributed by atoms with van der Waals surface area (Å²) in [7, 11) is -1.80. The van der Waals surface area contributed by atoms with Crippen LogP contribution in [0.15, 0.2) is 48.5 Å². The Morgan fingerprint density at radius 3 is 2.26 bits per heavy atom. The Balaban J connectivity index is 1.66. The first-order valence-corrected chi connectivity index (χ1v) is 13.3. The first-order valence-electron chi connectivity index (χ1n) is 11.8. The van der Waals surface area contributed by atoms with Gasteiger partial charge in [-0.05, 0) is 63.1 Å². The summed E-state index contributed by atoms with van der Waals surface area (Å²) in [6.45, 7) is 3.52. The number of amides is 3. The van der Waals surface area contributed by atoms with Crippen molar-refractivity contribution in [2.45, 2.75) is 58.0 Å². The Hall–Kier alpha value is -3.07. The van der Waals surface area contributed by atoms with E-state index < -0.39 is 40.2 Å². The molecule has 0 unspecified atom stereocenters. The minimum absolute atomic E-state index is 0.0588. The summed E-state index contributed by atoms with van der Waals surface area (Å²) < 4.78 is 26.1. The first kappa shape index (κ1) is 26.5. The van der Waals surface area contributed by atoms with E-state index in [-0.39, 0.29) is 17.7 Å². The molecule has 1 aliphatic carbocycles. The monoisotopic (exact) mass is 501 g/mol. The standard InChI is InChI=1S/C26H32FN3O4S/c1-18-8-12-22(13-9-18)28-24(31)16-35(34)17-25(32)30(23-14-10-20(27)11-15-23)19(2)26(33)29-21-6-4-3-5-7-21/h8-15,19,21H,3-7,16-17H2,1-2H3,(H,28,31)(H,29,33)/t19-,35+/m0/s1. The molecule has 3 rings (SSSR count). The third-order valence-electron chi connectivity index (χ3n) is 6.00. The van der Waals surface area contributed by atoms with Crippen molar-refractivity contribution in [2.75, 3.05) is 21.7 Å². The normalized spacial score (nSPS) is 15.6. The fourth-order valence-electron chi connectivity index (χ4n) is 4.11. The van der Waals surface area contributed by atoms with Crippen molar-refractivity contribution < 1.29 is 23.0 Å². The number of hydrogen-bond acceptors (Lipinski definition) is 4. The average molecular weight is 502 g/mol. The maximum atomic E-state index is 13.5. The predicted octanol–water partition coefficient (Wildman–Crippen LogP) is 3.69. The number of benzene rings is 2. The molecule has 35 heavy (non-hydrogen) atoms. The summed E-state index contributed by atoms with van der Waals surface area (Å²) in [6.07, 6.45) is 5.02. The van der Waals surface area contributed by atoms with Gasteiger partial charge < -0.3 is 10.6 Å². The predicted molar refractivity (Wildman–Crippen MR) is 136 cm³/mol. The molecule has 0 saturated heterocycles. The topological polar surface area (TPSA) is 95.6 Å². The molecule has 0 radical (unpaired) electrons. The largest absolute Gasteiger partial charge is 0.352 e. The molecule has 3 amide bonds. The number of carbonyl (C=O) groups excluding carboxylic acids is 3. The van der Waals surface area contributed by atoms with E-state index in [0.29, 0.717) is 11.4 Å². The van der Waals surface area contributed by atoms with Gasteiger partial charge in [0.05, 0.1) is 0 Å². The molecule has 2 aromatic carbocycles. The van der Waals surface area contributed by atoms with Crippen molar-refractivity contribution in [1.82, 2.24) is 5.32 Å². The molecule has 9 heteroatoms. The molecule has 0 spiro atoms. The minimum Gasteiger partial charge on any atom is -0.352 e. The molecule has 1 aliphatic rings. The van der Waals surface area contributed by atoms with Gasteiger partial charge in [-0.15, -0.1) is 0 Å². The highest BCUT2D eigenvalue weighted by molar-refractivity contribution is 7.86. The van der Waals surface area contributed by atoms with E-state index in [0.717, 1.165) is 37.7 Å². The lowest BCUT2D eigenvalue weighted by atomic mass is 9.95. The van der Waals surface area contributed by atoms with Crippen molar-refractivity contribution >= 4 is 39.9 Å². The zero-order valence-corrected chi connectivity index (χ0v) is 20.9. The summed E-state index contributed by atoms with van der Waals surface area (Å²) >= 11 is 0. The summed E-state index contributed by atoms with van der Waals surface area (Å²) in [6, 6.07) is 11.5. The van der Waals surface area contributed by atoms with Gasteiger partial charge in [0.15, 0.2) is 0 Å². The number of rotatable bonds is 9. The molecule has 2 atom stereocenters. The van der Waals surface area contributed by atoms with Crippen molar-refractivity contribution in [3.63, 3.8) is 0 Å². The average Bonchev–Trinajstić information content (AvgIpc) is 2.82. The number of halogens is 1. The Kier molecular flexibility index (Phi) is 9.54. The molecule has 188 valence electrons. The molecule has 2 N–H and O–H groups in total. The van der Waals surface area contributed by atoms with Crippen molar-refractivity contribution in [3.05, 3.63) is 59.9 Å². The quantitative estimate of drug-likeness (QED) is 0.548. The van der Waals surface area contributed by atoms with Gasteiger partial charge in [-0.3, -0.25) is 23.5 Å². The smallest absolute Gasteiger partial charge is 0.243 e. The molecule has 0 bridgehead atoms. The van der Waals surface area contributed by atoms with Gasteiger partial charge >= 0.3 is 0 Å². The molecular weight excluding hydrogens is 469 g/mol. The van der Waals surface area contributed by atoms with Crippen LogP contribution in [0.5, 0.6) is 0 Å². The highest BCUT2D eigenvalue weighted by Gasteiger charge is 2.30. The van der Waals surface area contributed by atoms with E-state index in [4.69, 9.17) is 0 Å². The second-order valence-electron chi connectivity index (χ2n) is 8.90. The van der Waals surface area contributed by atoms with Gasteiger partial charge in [0.1, 0.15) is 23.4 Å². The third kappa shape index (κ3) is 7.99. The van der Waals surface area contributed by atoms with Crippen molar-refractivity contribution in [3.8, 4) is 0 Å². The van der Waals surface area contributed by atoms with Crippen LogP contribution in [0.25, 0.3) is 0 Å². The summed E-state index contributed by atoms with van der Waals surface area (Å²) in [5, 5.41) is 5.67. The maximum absolute atomic E-state index is 13.5. The fraction of sp³-hybridized carbons (Fsp3) is 0.423. The highest BCUT2D eigenvalue weighted by Crippen LogP contribution is 2.21. The lowest BCUT2D eigenvalue weighted by Gasteiger charge is -2.31. The Morgan fingerprint density at radius 1 is 1.00 bits per heavy atom. The van der Waals surface area contributed by atoms with Crippen molar-refractivity contribution in [2.24, 2.45) is 0 Å². The van der Waals surface area contributed by atoms with E-state index in [2.05, 4.69) is 10.6 Å². The van der Waals surface area contributed by atoms with Crippen LogP contribution in [-0.4, -0.2) is 45.5 Å². The molecule has 0 aliphatic heterocycles. The van der Waals surface area contributed by atoms with E-state index in [1.165, 1.54) is 29.2 Å². The minimum atomic E-state index is -1.80. The first-order chi connectivity index (χ1) is 16.7. The second-order valence-corrected chi connectivity index (χ2v) is 10.4. The molecular formula is C26H32FN3O4S. The number of aryl methyl sites for hydroxylation is 1. The SMILES string of the molecule is Cc1ccc(NC(=O)C[S@@](=O)CC(=O)N(c2ccc(F)cc2)[C@@H](C)C(=O)NC2CCCCC2)cc1. The molecule has 2 aromatic rings. The third-order valence-corrected chi connectivity index (χ3v) is 7.16. The molecule has 7 nitrogen and oxygen atoms in total. The Morgan fingerprint density at radius 2 is 1.63 bits per heavy atom. The zero-order chi connectivity index (χ0) is 25.4. The van der Waals surface area contributed by atoms with Crippen LogP contribution in [0.3, 0.4) is 0 Å². The fourth-order valence-corrected chi connectivity index (χ4v) is 4.99. The van der Waals surface area contributed by atoms with Gasteiger partial charge in [-0.25, -0.2) is 4.39 Å². The van der Waals surface area contributed by atoms with Gasteiger partial charge in [-0.1, -0.05) is 37.0 Å². The lowest BCUT2D eigenvalue weighted by molar-refractivity contribution is -0.126. The van der Waals surface area contributed by atoms with Gasteiger partial charge in [0.2, 0.25) is 17.7 Å². The van der Waals surface area contributed by atoms with Gasteiger partial charge in [0, 0.05) is 28.2 Å². The molecule has 1 fully saturated rings. The van der Waals surface area contributed by atoms with E-state index in [9.17, 15) is 23.0 Å². The summed E-state index contributed by atoms with van der Waals surface area (Å²) in [4.78, 5) is 39.7. The Bertz CT molecular complexity index is 1050. The zero-order valence-electron chi connectivity index (χ0n) is 20.1. The number of nitrogens with one attached hydrogen (secondary N) is 2. The molecule has 1 saturated carbocycles. The number of anilines is 2. The number of hydrogen-bond donors (Lipinski definition) is 2. The molecule has 0 aromatic heterocycles. The van der Waals surface area contributed by atoms with Crippen molar-refractivity contribution in [1.29, 1.82) is 0 Å². The van der Waals surface area contributed by atoms with E-state index in [1.54, 1.807) is 19.1 Å². The number of nitrogens with zero attached hydrogens (tertiary/aromatic N) is 1.